The molecule has 1 fully saturated rings. The highest BCUT2D eigenvalue weighted by Crippen LogP contribution is 2.23. The van der Waals surface area contributed by atoms with Crippen molar-refractivity contribution in [3.05, 3.63) is 29.8 Å². The van der Waals surface area contributed by atoms with Gasteiger partial charge in [0.1, 0.15) is 5.75 Å². The van der Waals surface area contributed by atoms with Gasteiger partial charge in [0.25, 0.3) is 0 Å². The first-order chi connectivity index (χ1) is 12.5. The monoisotopic (exact) mass is 362 g/mol. The third kappa shape index (κ3) is 5.71. The van der Waals surface area contributed by atoms with Crippen LogP contribution in [0.25, 0.3) is 0 Å². The van der Waals surface area contributed by atoms with Crippen LogP contribution in [0.1, 0.15) is 24.9 Å². The van der Waals surface area contributed by atoms with Crippen LogP contribution in [-0.2, 0) is 9.59 Å². The molecule has 1 aliphatic heterocycles. The van der Waals surface area contributed by atoms with Crippen LogP contribution in [0.2, 0.25) is 0 Å². The van der Waals surface area contributed by atoms with E-state index in [1.165, 1.54) is 0 Å². The van der Waals surface area contributed by atoms with Crippen molar-refractivity contribution < 1.29 is 14.3 Å². The number of likely N-dealkylation sites (N-methyl/N-ethyl adjacent to an activating group) is 1. The van der Waals surface area contributed by atoms with Crippen molar-refractivity contribution in [1.82, 2.24) is 20.4 Å². The lowest BCUT2D eigenvalue weighted by atomic mass is 10.0. The predicted molar refractivity (Wildman–Crippen MR) is 101 cm³/mol. The molecule has 144 valence electrons. The summed E-state index contributed by atoms with van der Waals surface area (Å²) >= 11 is 0. The molecule has 0 aliphatic carbocycles. The first-order valence-corrected chi connectivity index (χ1v) is 9.17. The number of nitrogens with one attached hydrogen (secondary N) is 2. The van der Waals surface area contributed by atoms with E-state index in [1.807, 2.05) is 31.2 Å². The van der Waals surface area contributed by atoms with E-state index >= 15 is 0 Å². The van der Waals surface area contributed by atoms with E-state index in [2.05, 4.69) is 27.5 Å². The summed E-state index contributed by atoms with van der Waals surface area (Å²) in [4.78, 5) is 28.5. The molecule has 2 N–H and O–H groups in total. The second-order valence-corrected chi connectivity index (χ2v) is 6.59. The van der Waals surface area contributed by atoms with Gasteiger partial charge in [-0.05, 0) is 31.2 Å². The van der Waals surface area contributed by atoms with Gasteiger partial charge in [0.15, 0.2) is 0 Å². The molecule has 1 heterocycles. The molecular formula is C19H30N4O3. The number of benzene rings is 1. The maximum atomic E-state index is 12.1. The average molecular weight is 362 g/mol. The zero-order valence-electron chi connectivity index (χ0n) is 16.0. The fourth-order valence-corrected chi connectivity index (χ4v) is 3.01. The molecule has 7 heteroatoms. The molecule has 0 radical (unpaired) electrons. The lowest BCUT2D eigenvalue weighted by Gasteiger charge is -2.38. The quantitative estimate of drug-likeness (QED) is 0.696. The normalized spacial score (nSPS) is 16.7. The van der Waals surface area contributed by atoms with Gasteiger partial charge in [0, 0.05) is 39.3 Å². The largest absolute Gasteiger partial charge is 0.497 e. The first-order valence-electron chi connectivity index (χ1n) is 9.17. The van der Waals surface area contributed by atoms with Gasteiger partial charge in [-0.2, -0.15) is 0 Å². The number of hydrogen-bond donors (Lipinski definition) is 2. The lowest BCUT2D eigenvalue weighted by molar-refractivity contribution is -0.139. The maximum absolute atomic E-state index is 12.1. The Hall–Kier alpha value is -2.12. The smallest absolute Gasteiger partial charge is 0.309 e. The predicted octanol–water partition coefficient (Wildman–Crippen LogP) is 0.626. The second-order valence-electron chi connectivity index (χ2n) is 6.59. The number of ether oxygens (including phenoxy) is 1. The Labute approximate surface area is 155 Å². The summed E-state index contributed by atoms with van der Waals surface area (Å²) in [6.07, 6.45) is 0.800. The number of rotatable bonds is 7. The molecule has 1 saturated heterocycles. The third-order valence-corrected chi connectivity index (χ3v) is 4.68. The molecule has 0 saturated carbocycles. The Morgan fingerprint density at radius 1 is 1.08 bits per heavy atom. The van der Waals surface area contributed by atoms with Gasteiger partial charge in [-0.25, -0.2) is 0 Å². The van der Waals surface area contributed by atoms with Crippen LogP contribution in [0.5, 0.6) is 5.75 Å². The van der Waals surface area contributed by atoms with Crippen LogP contribution in [0.4, 0.5) is 0 Å². The van der Waals surface area contributed by atoms with Gasteiger partial charge in [-0.3, -0.25) is 14.5 Å². The molecule has 7 nitrogen and oxygen atoms in total. The minimum Gasteiger partial charge on any atom is -0.497 e. The Balaban J connectivity index is 2.05. The van der Waals surface area contributed by atoms with Gasteiger partial charge < -0.3 is 20.3 Å². The van der Waals surface area contributed by atoms with E-state index < -0.39 is 11.8 Å². The number of methoxy groups -OCH3 is 1. The van der Waals surface area contributed by atoms with Crippen LogP contribution in [0.3, 0.4) is 0 Å². The number of nitrogens with zero attached hydrogens (tertiary/aromatic N) is 2. The third-order valence-electron chi connectivity index (χ3n) is 4.68. The van der Waals surface area contributed by atoms with Crippen LogP contribution >= 0.6 is 0 Å². The Bertz CT molecular complexity index is 583. The zero-order valence-corrected chi connectivity index (χ0v) is 16.0. The van der Waals surface area contributed by atoms with E-state index in [9.17, 15) is 9.59 Å². The summed E-state index contributed by atoms with van der Waals surface area (Å²) in [6.45, 7) is 6.66. The molecule has 0 unspecified atom stereocenters. The Morgan fingerprint density at radius 2 is 1.69 bits per heavy atom. The summed E-state index contributed by atoms with van der Waals surface area (Å²) < 4.78 is 5.23. The molecule has 1 aliphatic rings. The van der Waals surface area contributed by atoms with Crippen molar-refractivity contribution in [2.45, 2.75) is 19.4 Å². The number of carbonyl (C=O) groups excluding carboxylic acids is 2. The molecule has 0 bridgehead atoms. The van der Waals surface area contributed by atoms with Gasteiger partial charge in [-0.15, -0.1) is 0 Å². The number of hydrogen-bond acceptors (Lipinski definition) is 5. The van der Waals surface area contributed by atoms with Gasteiger partial charge in [0.2, 0.25) is 0 Å². The zero-order chi connectivity index (χ0) is 18.9. The van der Waals surface area contributed by atoms with Crippen LogP contribution in [0.15, 0.2) is 24.3 Å². The highest BCUT2D eigenvalue weighted by Gasteiger charge is 2.25. The van der Waals surface area contributed by atoms with E-state index in [-0.39, 0.29) is 6.04 Å². The molecule has 26 heavy (non-hydrogen) atoms. The van der Waals surface area contributed by atoms with Crippen molar-refractivity contribution >= 4 is 11.8 Å². The van der Waals surface area contributed by atoms with Gasteiger partial charge in [0.05, 0.1) is 13.2 Å². The van der Waals surface area contributed by atoms with Crippen molar-refractivity contribution in [3.8, 4) is 5.75 Å². The van der Waals surface area contributed by atoms with Crippen molar-refractivity contribution in [2.75, 3.05) is 53.4 Å². The first kappa shape index (κ1) is 20.2. The van der Waals surface area contributed by atoms with E-state index in [1.54, 1.807) is 7.11 Å². The number of amides is 2. The van der Waals surface area contributed by atoms with E-state index in [0.29, 0.717) is 13.1 Å². The maximum Gasteiger partial charge on any atom is 0.309 e. The Morgan fingerprint density at radius 3 is 2.27 bits per heavy atom. The molecular weight excluding hydrogens is 332 g/mol. The summed E-state index contributed by atoms with van der Waals surface area (Å²) in [5, 5.41) is 5.40. The van der Waals surface area contributed by atoms with E-state index in [0.717, 1.165) is 43.9 Å². The number of carbonyl (C=O) groups is 2. The summed E-state index contributed by atoms with van der Waals surface area (Å²) in [5.74, 6) is -0.348. The van der Waals surface area contributed by atoms with Crippen molar-refractivity contribution in [2.24, 2.45) is 0 Å². The molecule has 2 amide bonds. The van der Waals surface area contributed by atoms with Crippen molar-refractivity contribution in [1.29, 1.82) is 0 Å². The highest BCUT2D eigenvalue weighted by molar-refractivity contribution is 6.35. The fraction of sp³-hybridized carbons (Fsp3) is 0.579. The molecule has 0 spiro atoms. The molecule has 1 atom stereocenters. The summed E-state index contributed by atoms with van der Waals surface area (Å²) in [7, 11) is 3.75. The topological polar surface area (TPSA) is 73.9 Å². The SMILES string of the molecule is CCCNC(=O)C(=O)NC[C@@H](c1ccc(OC)cc1)N1CCN(C)CC1. The standard InChI is InChI=1S/C19H30N4O3/c1-4-9-20-18(24)19(25)21-14-17(23-12-10-22(2)11-13-23)15-5-7-16(26-3)8-6-15/h5-8,17H,4,9-14H2,1-3H3,(H,20,24)(H,21,25)/t17-/m0/s1. The van der Waals surface area contributed by atoms with Crippen LogP contribution in [0, 0.1) is 0 Å². The summed E-state index contributed by atoms with van der Waals surface area (Å²) in [6, 6.07) is 7.91. The van der Waals surface area contributed by atoms with Crippen LogP contribution < -0.4 is 15.4 Å². The number of piperazine rings is 1. The van der Waals surface area contributed by atoms with E-state index in [4.69, 9.17) is 4.74 Å². The lowest BCUT2D eigenvalue weighted by Crippen LogP contribution is -2.49. The second kappa shape index (κ2) is 10.1. The van der Waals surface area contributed by atoms with Crippen molar-refractivity contribution in [3.63, 3.8) is 0 Å². The molecule has 1 aromatic rings. The fourth-order valence-electron chi connectivity index (χ4n) is 3.01. The molecule has 2 rings (SSSR count). The minimum absolute atomic E-state index is 0.0255. The van der Waals surface area contributed by atoms with Crippen LogP contribution in [-0.4, -0.2) is 75.0 Å². The highest BCUT2D eigenvalue weighted by atomic mass is 16.5. The van der Waals surface area contributed by atoms with Gasteiger partial charge >= 0.3 is 11.8 Å². The molecule has 1 aromatic carbocycles. The average Bonchev–Trinajstić information content (AvgIpc) is 2.67. The molecule has 0 aromatic heterocycles. The Kier molecular flexibility index (Phi) is 7.87. The minimum atomic E-state index is -0.578. The summed E-state index contributed by atoms with van der Waals surface area (Å²) in [5.41, 5.74) is 1.10. The van der Waals surface area contributed by atoms with Gasteiger partial charge in [-0.1, -0.05) is 19.1 Å².